The van der Waals surface area contributed by atoms with Crippen LogP contribution in [0.1, 0.15) is 110 Å². The average molecular weight is 475 g/mol. The number of hydrogen-bond donors (Lipinski definition) is 2. The van der Waals surface area contributed by atoms with Crippen LogP contribution < -0.4 is 0 Å². The molecule has 0 aromatic heterocycles. The molecule has 0 spiro atoms. The smallest absolute Gasteiger partial charge is 0.333 e. The van der Waals surface area contributed by atoms with E-state index in [2.05, 4.69) is 31.8 Å². The number of ether oxygens (including phenoxy) is 2. The maximum Gasteiger partial charge on any atom is 0.333 e. The summed E-state index contributed by atoms with van der Waals surface area (Å²) < 4.78 is 10.4. The monoisotopic (exact) mass is 474 g/mol. The van der Waals surface area contributed by atoms with E-state index in [0.717, 1.165) is 57.1 Å². The summed E-state index contributed by atoms with van der Waals surface area (Å²) in [4.78, 5) is 22.9. The molecule has 31 heavy (non-hydrogen) atoms. The van der Waals surface area contributed by atoms with Gasteiger partial charge >= 0.3 is 11.9 Å². The van der Waals surface area contributed by atoms with E-state index >= 15 is 0 Å². The SMILES string of the molecule is C=C(C)C(=O)OCCCCCCCCCCCCCOC(=O)CCCCC(S)CCS. The molecule has 0 aliphatic rings. The van der Waals surface area contributed by atoms with E-state index in [1.54, 1.807) is 6.92 Å². The summed E-state index contributed by atoms with van der Waals surface area (Å²) in [6, 6.07) is 0. The van der Waals surface area contributed by atoms with Crippen LogP contribution in [0.3, 0.4) is 0 Å². The second-order valence-electron chi connectivity index (χ2n) is 8.44. The quantitative estimate of drug-likeness (QED) is 0.0759. The minimum absolute atomic E-state index is 0.0566. The van der Waals surface area contributed by atoms with Crippen molar-refractivity contribution in [1.82, 2.24) is 0 Å². The Morgan fingerprint density at radius 1 is 0.742 bits per heavy atom. The number of esters is 2. The van der Waals surface area contributed by atoms with Crippen molar-refractivity contribution in [1.29, 1.82) is 0 Å². The van der Waals surface area contributed by atoms with Crippen LogP contribution in [0.2, 0.25) is 0 Å². The van der Waals surface area contributed by atoms with Gasteiger partial charge in [0.15, 0.2) is 0 Å². The zero-order chi connectivity index (χ0) is 23.2. The number of carbonyl (C=O) groups excluding carboxylic acids is 2. The highest BCUT2D eigenvalue weighted by atomic mass is 32.1. The van der Waals surface area contributed by atoms with Gasteiger partial charge in [0, 0.05) is 17.2 Å². The van der Waals surface area contributed by atoms with Gasteiger partial charge in [-0.05, 0) is 44.8 Å². The maximum atomic E-state index is 11.7. The summed E-state index contributed by atoms with van der Waals surface area (Å²) in [5, 5.41) is 0.401. The lowest BCUT2D eigenvalue weighted by atomic mass is 10.1. The predicted octanol–water partition coefficient (Wildman–Crippen LogP) is 7.12. The molecule has 6 heteroatoms. The van der Waals surface area contributed by atoms with Crippen molar-refractivity contribution in [2.45, 2.75) is 115 Å². The second-order valence-corrected chi connectivity index (χ2v) is 9.62. The molecule has 0 aromatic carbocycles. The van der Waals surface area contributed by atoms with Crippen molar-refractivity contribution in [2.75, 3.05) is 19.0 Å². The van der Waals surface area contributed by atoms with Gasteiger partial charge in [0.25, 0.3) is 0 Å². The normalized spacial score (nSPS) is 11.8. The molecule has 1 unspecified atom stereocenters. The van der Waals surface area contributed by atoms with Crippen LogP contribution in [0, 0.1) is 0 Å². The van der Waals surface area contributed by atoms with Gasteiger partial charge in [-0.25, -0.2) is 4.79 Å². The van der Waals surface area contributed by atoms with Gasteiger partial charge in [0.1, 0.15) is 0 Å². The summed E-state index contributed by atoms with van der Waals surface area (Å²) in [5.41, 5.74) is 0.468. The highest BCUT2D eigenvalue weighted by Crippen LogP contribution is 2.14. The van der Waals surface area contributed by atoms with Crippen LogP contribution in [-0.4, -0.2) is 36.2 Å². The Morgan fingerprint density at radius 2 is 1.23 bits per heavy atom. The van der Waals surface area contributed by atoms with Crippen LogP contribution in [0.25, 0.3) is 0 Å². The zero-order valence-corrected chi connectivity index (χ0v) is 21.5. The highest BCUT2D eigenvalue weighted by Gasteiger charge is 2.05. The first-order chi connectivity index (χ1) is 15.0. The summed E-state index contributed by atoms with van der Waals surface area (Å²) in [5.74, 6) is 0.531. The summed E-state index contributed by atoms with van der Waals surface area (Å²) in [7, 11) is 0. The molecule has 182 valence electrons. The molecule has 0 fully saturated rings. The lowest BCUT2D eigenvalue weighted by molar-refractivity contribution is -0.144. The Kier molecular flexibility index (Phi) is 22.1. The molecule has 0 bridgehead atoms. The van der Waals surface area contributed by atoms with Crippen LogP contribution in [0.15, 0.2) is 12.2 Å². The largest absolute Gasteiger partial charge is 0.466 e. The predicted molar refractivity (Wildman–Crippen MR) is 137 cm³/mol. The van der Waals surface area contributed by atoms with E-state index in [0.29, 0.717) is 30.5 Å². The van der Waals surface area contributed by atoms with E-state index < -0.39 is 0 Å². The molecule has 0 saturated heterocycles. The molecule has 0 heterocycles. The van der Waals surface area contributed by atoms with Gasteiger partial charge in [-0.15, -0.1) is 0 Å². The summed E-state index contributed by atoms with van der Waals surface area (Å²) >= 11 is 8.71. The minimum atomic E-state index is -0.281. The van der Waals surface area contributed by atoms with Crippen LogP contribution in [0.4, 0.5) is 0 Å². The molecule has 0 rings (SSSR count). The number of rotatable bonds is 22. The molecule has 0 radical (unpaired) electrons. The molecule has 0 aliphatic heterocycles. The van der Waals surface area contributed by atoms with E-state index in [1.807, 2.05) is 0 Å². The first kappa shape index (κ1) is 30.4. The van der Waals surface area contributed by atoms with E-state index in [9.17, 15) is 9.59 Å². The van der Waals surface area contributed by atoms with Gasteiger partial charge in [0.2, 0.25) is 0 Å². The molecule has 0 saturated carbocycles. The van der Waals surface area contributed by atoms with Crippen molar-refractivity contribution in [3.05, 3.63) is 12.2 Å². The zero-order valence-electron chi connectivity index (χ0n) is 19.7. The van der Waals surface area contributed by atoms with Crippen molar-refractivity contribution in [2.24, 2.45) is 0 Å². The number of carbonyl (C=O) groups is 2. The standard InChI is InChI=1S/C25H46O4S2/c1-22(2)25(27)29-20-15-11-9-7-5-3-4-6-8-10-14-19-28-24(26)17-13-12-16-23(31)18-21-30/h23,30-31H,1,3-21H2,2H3. The molecule has 0 aromatic rings. The van der Waals surface area contributed by atoms with Crippen LogP contribution in [-0.2, 0) is 19.1 Å². The number of unbranched alkanes of at least 4 members (excludes halogenated alkanes) is 11. The third-order valence-electron chi connectivity index (χ3n) is 5.26. The lowest BCUT2D eigenvalue weighted by Crippen LogP contribution is -2.06. The minimum Gasteiger partial charge on any atom is -0.466 e. The Labute approximate surface area is 202 Å². The first-order valence-electron chi connectivity index (χ1n) is 12.2. The Balaban J connectivity index is 3.23. The fourth-order valence-corrected chi connectivity index (χ4v) is 4.11. The molecule has 4 nitrogen and oxygen atoms in total. The van der Waals surface area contributed by atoms with Gasteiger partial charge in [-0.3, -0.25) is 4.79 Å². The number of thiol groups is 2. The molecular formula is C25H46O4S2. The van der Waals surface area contributed by atoms with Gasteiger partial charge in [0.05, 0.1) is 13.2 Å². The van der Waals surface area contributed by atoms with Crippen molar-refractivity contribution in [3.8, 4) is 0 Å². The second kappa shape index (κ2) is 22.6. The Morgan fingerprint density at radius 3 is 1.71 bits per heavy atom. The van der Waals surface area contributed by atoms with Crippen molar-refractivity contribution < 1.29 is 19.1 Å². The molecule has 0 amide bonds. The van der Waals surface area contributed by atoms with E-state index in [1.165, 1.54) is 44.9 Å². The molecule has 0 N–H and O–H groups in total. The average Bonchev–Trinajstić information content (AvgIpc) is 2.73. The Bertz CT molecular complexity index is 468. The van der Waals surface area contributed by atoms with Gasteiger partial charge < -0.3 is 9.47 Å². The molecule has 1 atom stereocenters. The Hall–Kier alpha value is -0.620. The fraction of sp³-hybridized carbons (Fsp3) is 0.840. The first-order valence-corrected chi connectivity index (χ1v) is 13.4. The molecular weight excluding hydrogens is 428 g/mol. The van der Waals surface area contributed by atoms with Gasteiger partial charge in [-0.1, -0.05) is 70.8 Å². The molecule has 0 aliphatic carbocycles. The van der Waals surface area contributed by atoms with E-state index in [4.69, 9.17) is 9.47 Å². The van der Waals surface area contributed by atoms with Crippen LogP contribution in [0.5, 0.6) is 0 Å². The van der Waals surface area contributed by atoms with Crippen molar-refractivity contribution in [3.63, 3.8) is 0 Å². The van der Waals surface area contributed by atoms with E-state index in [-0.39, 0.29) is 11.9 Å². The summed E-state index contributed by atoms with van der Waals surface area (Å²) in [6.07, 6.45) is 17.5. The maximum absolute atomic E-state index is 11.7. The topological polar surface area (TPSA) is 52.6 Å². The lowest BCUT2D eigenvalue weighted by Gasteiger charge is -2.08. The van der Waals surface area contributed by atoms with Crippen LogP contribution >= 0.6 is 25.3 Å². The third-order valence-corrected chi connectivity index (χ3v) is 6.04. The third kappa shape index (κ3) is 22.4. The van der Waals surface area contributed by atoms with Gasteiger partial charge in [-0.2, -0.15) is 25.3 Å². The summed E-state index contributed by atoms with van der Waals surface area (Å²) in [6.45, 7) is 6.32. The number of hydrogen-bond acceptors (Lipinski definition) is 6. The van der Waals surface area contributed by atoms with Crippen molar-refractivity contribution >= 4 is 37.2 Å². The fourth-order valence-electron chi connectivity index (χ4n) is 3.28. The highest BCUT2D eigenvalue weighted by molar-refractivity contribution is 7.81.